The molecule has 1 aromatic heterocycles. The molecule has 0 saturated heterocycles. The van der Waals surface area contributed by atoms with Crippen LogP contribution < -0.4 is 16.0 Å². The first-order chi connectivity index (χ1) is 7.97. The Hall–Kier alpha value is -1.40. The van der Waals surface area contributed by atoms with Crippen LogP contribution in [-0.2, 0) is 10.2 Å². The largest absolute Gasteiger partial charge is 0.475 e. The Labute approximate surface area is 102 Å². The number of anilines is 1. The molecule has 17 heavy (non-hydrogen) atoms. The van der Waals surface area contributed by atoms with Crippen molar-refractivity contribution < 1.29 is 9.47 Å². The molecule has 3 N–H and O–H groups in total. The highest BCUT2D eigenvalue weighted by Gasteiger charge is 2.19. The van der Waals surface area contributed by atoms with Crippen LogP contribution in [0.2, 0.25) is 0 Å². The normalized spacial score (nSPS) is 11.4. The number of hydrogen-bond acceptors (Lipinski definition) is 6. The molecule has 0 aliphatic heterocycles. The minimum absolute atomic E-state index is 0.160. The van der Waals surface area contributed by atoms with Gasteiger partial charge in [-0.2, -0.15) is 4.98 Å². The van der Waals surface area contributed by atoms with Gasteiger partial charge in [0.25, 0.3) is 0 Å². The smallest absolute Gasteiger partial charge is 0.218 e. The summed E-state index contributed by atoms with van der Waals surface area (Å²) in [4.78, 5) is 8.63. The summed E-state index contributed by atoms with van der Waals surface area (Å²) in [6.45, 7) is 7.05. The topological polar surface area (TPSA) is 82.3 Å². The van der Waals surface area contributed by atoms with E-state index in [-0.39, 0.29) is 5.41 Å². The third kappa shape index (κ3) is 4.16. The van der Waals surface area contributed by atoms with Crippen LogP contribution in [0.1, 0.15) is 26.6 Å². The van der Waals surface area contributed by atoms with Crippen molar-refractivity contribution >= 4 is 5.82 Å². The van der Waals surface area contributed by atoms with E-state index in [9.17, 15) is 0 Å². The molecule has 0 bridgehead atoms. The predicted molar refractivity (Wildman–Crippen MR) is 65.9 cm³/mol. The molecular formula is C11H20N4O2. The fraction of sp³-hybridized carbons (Fsp3) is 0.636. The van der Waals surface area contributed by atoms with Gasteiger partial charge in [0.05, 0.1) is 6.61 Å². The van der Waals surface area contributed by atoms with Crippen molar-refractivity contribution in [2.24, 2.45) is 5.84 Å². The van der Waals surface area contributed by atoms with E-state index < -0.39 is 0 Å². The zero-order valence-corrected chi connectivity index (χ0v) is 10.8. The first-order valence-corrected chi connectivity index (χ1v) is 5.45. The van der Waals surface area contributed by atoms with Gasteiger partial charge in [0.15, 0.2) is 0 Å². The van der Waals surface area contributed by atoms with Crippen LogP contribution in [0.15, 0.2) is 6.07 Å². The average Bonchev–Trinajstić information content (AvgIpc) is 2.28. The van der Waals surface area contributed by atoms with Crippen LogP contribution in [0.25, 0.3) is 0 Å². The lowest BCUT2D eigenvalue weighted by atomic mass is 9.96. The molecular weight excluding hydrogens is 220 g/mol. The molecule has 0 aliphatic carbocycles. The molecule has 0 radical (unpaired) electrons. The molecule has 1 aromatic rings. The van der Waals surface area contributed by atoms with Gasteiger partial charge in [-0.15, -0.1) is 0 Å². The number of nitrogens with one attached hydrogen (secondary N) is 1. The van der Waals surface area contributed by atoms with Crippen molar-refractivity contribution in [3.63, 3.8) is 0 Å². The van der Waals surface area contributed by atoms with E-state index in [2.05, 4.69) is 15.4 Å². The van der Waals surface area contributed by atoms with Crippen LogP contribution in [0, 0.1) is 0 Å². The lowest BCUT2D eigenvalue weighted by Gasteiger charge is -2.18. The molecule has 1 rings (SSSR count). The minimum Gasteiger partial charge on any atom is -0.475 e. The van der Waals surface area contributed by atoms with Gasteiger partial charge >= 0.3 is 0 Å². The molecule has 0 spiro atoms. The maximum absolute atomic E-state index is 5.45. The van der Waals surface area contributed by atoms with E-state index in [1.807, 2.05) is 20.8 Å². The standard InChI is InChI=1S/C11H20N4O2/c1-11(2,3)10-13-8(15-12)7-9(14-10)17-6-5-16-4/h7H,5-6,12H2,1-4H3,(H,13,14,15). The Morgan fingerprint density at radius 3 is 2.53 bits per heavy atom. The summed E-state index contributed by atoms with van der Waals surface area (Å²) in [5.41, 5.74) is 2.35. The third-order valence-electron chi connectivity index (χ3n) is 2.06. The number of ether oxygens (including phenoxy) is 2. The van der Waals surface area contributed by atoms with Gasteiger partial charge in [0, 0.05) is 18.6 Å². The molecule has 0 amide bonds. The molecule has 6 nitrogen and oxygen atoms in total. The number of methoxy groups -OCH3 is 1. The summed E-state index contributed by atoms with van der Waals surface area (Å²) in [6, 6.07) is 1.66. The second kappa shape index (κ2) is 5.79. The lowest BCUT2D eigenvalue weighted by Crippen LogP contribution is -2.19. The summed E-state index contributed by atoms with van der Waals surface area (Å²) < 4.78 is 10.4. The molecule has 96 valence electrons. The number of hydrazine groups is 1. The van der Waals surface area contributed by atoms with Crippen molar-refractivity contribution in [2.45, 2.75) is 26.2 Å². The monoisotopic (exact) mass is 240 g/mol. The molecule has 0 fully saturated rings. The van der Waals surface area contributed by atoms with Crippen LogP contribution >= 0.6 is 0 Å². The van der Waals surface area contributed by atoms with E-state index >= 15 is 0 Å². The van der Waals surface area contributed by atoms with Gasteiger partial charge in [-0.1, -0.05) is 20.8 Å². The van der Waals surface area contributed by atoms with Gasteiger partial charge in [-0.05, 0) is 0 Å². The molecule has 6 heteroatoms. The first-order valence-electron chi connectivity index (χ1n) is 5.45. The summed E-state index contributed by atoms with van der Waals surface area (Å²) in [5.74, 6) is 7.08. The van der Waals surface area contributed by atoms with E-state index in [1.54, 1.807) is 13.2 Å². The van der Waals surface area contributed by atoms with Crippen molar-refractivity contribution in [3.8, 4) is 5.88 Å². The fourth-order valence-corrected chi connectivity index (χ4v) is 1.14. The zero-order valence-electron chi connectivity index (χ0n) is 10.8. The van der Waals surface area contributed by atoms with Crippen molar-refractivity contribution in [1.82, 2.24) is 9.97 Å². The number of aromatic nitrogens is 2. The van der Waals surface area contributed by atoms with Gasteiger partial charge in [0.1, 0.15) is 18.2 Å². The Balaban J connectivity index is 2.89. The van der Waals surface area contributed by atoms with Crippen LogP contribution in [-0.4, -0.2) is 30.3 Å². The molecule has 0 unspecified atom stereocenters. The summed E-state index contributed by atoms with van der Waals surface area (Å²) in [5, 5.41) is 0. The molecule has 0 saturated carbocycles. The SMILES string of the molecule is COCCOc1cc(NN)nc(C(C)(C)C)n1. The first kappa shape index (κ1) is 13.7. The Bertz CT molecular complexity index is 363. The highest BCUT2D eigenvalue weighted by atomic mass is 16.5. The molecule has 0 atom stereocenters. The Morgan fingerprint density at radius 1 is 1.29 bits per heavy atom. The highest BCUT2D eigenvalue weighted by molar-refractivity contribution is 5.37. The van der Waals surface area contributed by atoms with Gasteiger partial charge in [0.2, 0.25) is 5.88 Å². The maximum atomic E-state index is 5.45. The van der Waals surface area contributed by atoms with Crippen molar-refractivity contribution in [1.29, 1.82) is 0 Å². The van der Waals surface area contributed by atoms with E-state index in [0.717, 1.165) is 0 Å². The number of nitrogens with zero attached hydrogens (tertiary/aromatic N) is 2. The molecule has 0 aliphatic rings. The van der Waals surface area contributed by atoms with Crippen LogP contribution in [0.3, 0.4) is 0 Å². The highest BCUT2D eigenvalue weighted by Crippen LogP contribution is 2.22. The van der Waals surface area contributed by atoms with E-state index in [1.165, 1.54) is 0 Å². The number of nitrogen functional groups attached to an aromatic ring is 1. The second-order valence-corrected chi connectivity index (χ2v) is 4.65. The van der Waals surface area contributed by atoms with Crippen LogP contribution in [0.4, 0.5) is 5.82 Å². The van der Waals surface area contributed by atoms with Gasteiger partial charge < -0.3 is 14.9 Å². The Morgan fingerprint density at radius 2 is 2.00 bits per heavy atom. The Kier molecular flexibility index (Phi) is 4.65. The molecule has 1 heterocycles. The van der Waals surface area contributed by atoms with Crippen molar-refractivity contribution in [3.05, 3.63) is 11.9 Å². The number of rotatable bonds is 5. The fourth-order valence-electron chi connectivity index (χ4n) is 1.14. The average molecular weight is 240 g/mol. The number of nitrogens with two attached hydrogens (primary N) is 1. The van der Waals surface area contributed by atoms with E-state index in [4.69, 9.17) is 15.3 Å². The lowest BCUT2D eigenvalue weighted by molar-refractivity contribution is 0.143. The van der Waals surface area contributed by atoms with Gasteiger partial charge in [-0.3, -0.25) is 0 Å². The molecule has 0 aromatic carbocycles. The van der Waals surface area contributed by atoms with E-state index in [0.29, 0.717) is 30.7 Å². The third-order valence-corrected chi connectivity index (χ3v) is 2.06. The van der Waals surface area contributed by atoms with Crippen molar-refractivity contribution in [2.75, 3.05) is 25.7 Å². The van der Waals surface area contributed by atoms with Gasteiger partial charge in [-0.25, -0.2) is 10.8 Å². The predicted octanol–water partition coefficient (Wildman–Crippen LogP) is 1.08. The van der Waals surface area contributed by atoms with Crippen LogP contribution in [0.5, 0.6) is 5.88 Å². The zero-order chi connectivity index (χ0) is 12.9. The summed E-state index contributed by atoms with van der Waals surface area (Å²) in [6.07, 6.45) is 0. The quantitative estimate of drug-likeness (QED) is 0.455. The maximum Gasteiger partial charge on any atom is 0.218 e. The summed E-state index contributed by atoms with van der Waals surface area (Å²) >= 11 is 0. The minimum atomic E-state index is -0.160. The second-order valence-electron chi connectivity index (χ2n) is 4.65. The summed E-state index contributed by atoms with van der Waals surface area (Å²) in [7, 11) is 1.62. The number of hydrogen-bond donors (Lipinski definition) is 2.